The Morgan fingerprint density at radius 3 is 2.48 bits per heavy atom. The van der Waals surface area contributed by atoms with Crippen LogP contribution in [0, 0.1) is 13.8 Å². The second kappa shape index (κ2) is 7.04. The van der Waals surface area contributed by atoms with Gasteiger partial charge in [0, 0.05) is 23.3 Å². The first-order chi connectivity index (χ1) is 13.1. The molecule has 138 valence electrons. The van der Waals surface area contributed by atoms with E-state index < -0.39 is 0 Å². The zero-order valence-electron chi connectivity index (χ0n) is 15.6. The lowest BCUT2D eigenvalue weighted by atomic mass is 9.96. The quantitative estimate of drug-likeness (QED) is 0.666. The number of ether oxygens (including phenoxy) is 1. The molecule has 1 saturated heterocycles. The molecule has 1 aromatic carbocycles. The number of anilines is 1. The van der Waals surface area contributed by atoms with Gasteiger partial charge >= 0.3 is 0 Å². The number of nitrogens with zero attached hydrogens (tertiary/aromatic N) is 2. The SMILES string of the molecule is COc1ccc(N2C(=S)N[C@@H](c3ccccn3)[C@@H]2c2cc(C)[nH]c2C)cc1. The first-order valence-electron chi connectivity index (χ1n) is 8.89. The maximum Gasteiger partial charge on any atom is 0.174 e. The molecule has 1 aliphatic heterocycles. The third-order valence-electron chi connectivity index (χ3n) is 4.96. The summed E-state index contributed by atoms with van der Waals surface area (Å²) < 4.78 is 5.30. The van der Waals surface area contributed by atoms with E-state index >= 15 is 0 Å². The third kappa shape index (κ3) is 3.17. The summed E-state index contributed by atoms with van der Waals surface area (Å²) in [6.45, 7) is 4.18. The van der Waals surface area contributed by atoms with Crippen LogP contribution in [-0.2, 0) is 0 Å². The van der Waals surface area contributed by atoms with Gasteiger partial charge in [0.05, 0.1) is 24.9 Å². The Hall–Kier alpha value is -2.86. The van der Waals surface area contributed by atoms with Crippen LogP contribution in [0.25, 0.3) is 0 Å². The third-order valence-corrected chi connectivity index (χ3v) is 5.27. The molecule has 0 bridgehead atoms. The molecule has 0 amide bonds. The molecule has 2 atom stereocenters. The van der Waals surface area contributed by atoms with E-state index in [1.54, 1.807) is 7.11 Å². The summed E-state index contributed by atoms with van der Waals surface area (Å²) in [6, 6.07) is 16.1. The Labute approximate surface area is 164 Å². The molecular formula is C21H22N4OS. The van der Waals surface area contributed by atoms with Crippen molar-refractivity contribution in [1.29, 1.82) is 0 Å². The highest BCUT2D eigenvalue weighted by Gasteiger charge is 2.41. The molecule has 3 aromatic rings. The van der Waals surface area contributed by atoms with Crippen molar-refractivity contribution in [1.82, 2.24) is 15.3 Å². The number of thiocarbonyl (C=S) groups is 1. The van der Waals surface area contributed by atoms with Gasteiger partial charge in [-0.25, -0.2) is 0 Å². The van der Waals surface area contributed by atoms with Crippen LogP contribution in [0.15, 0.2) is 54.7 Å². The van der Waals surface area contributed by atoms with E-state index in [9.17, 15) is 0 Å². The number of nitrogens with one attached hydrogen (secondary N) is 2. The van der Waals surface area contributed by atoms with E-state index in [1.807, 2.05) is 48.7 Å². The fraction of sp³-hybridized carbons (Fsp3) is 0.238. The minimum atomic E-state index is -0.0327. The molecule has 0 aliphatic carbocycles. The number of hydrogen-bond acceptors (Lipinski definition) is 3. The number of benzene rings is 1. The van der Waals surface area contributed by atoms with Gasteiger partial charge in [-0.3, -0.25) is 4.98 Å². The zero-order chi connectivity index (χ0) is 19.0. The molecule has 3 heterocycles. The van der Waals surface area contributed by atoms with E-state index in [1.165, 1.54) is 5.56 Å². The van der Waals surface area contributed by atoms with Crippen LogP contribution in [0.4, 0.5) is 5.69 Å². The van der Waals surface area contributed by atoms with E-state index in [4.69, 9.17) is 17.0 Å². The van der Waals surface area contributed by atoms with Crippen molar-refractivity contribution in [3.63, 3.8) is 0 Å². The van der Waals surface area contributed by atoms with Crippen LogP contribution in [0.5, 0.6) is 5.75 Å². The van der Waals surface area contributed by atoms with Crippen molar-refractivity contribution < 1.29 is 4.74 Å². The molecule has 6 heteroatoms. The number of aromatic nitrogens is 2. The fourth-order valence-electron chi connectivity index (χ4n) is 3.74. The number of H-pyrrole nitrogens is 1. The highest BCUT2D eigenvalue weighted by atomic mass is 32.1. The molecule has 5 nitrogen and oxygen atoms in total. The van der Waals surface area contributed by atoms with Gasteiger partial charge in [-0.2, -0.15) is 0 Å². The predicted octanol–water partition coefficient (Wildman–Crippen LogP) is 4.21. The fourth-order valence-corrected chi connectivity index (χ4v) is 4.09. The van der Waals surface area contributed by atoms with E-state index in [0.717, 1.165) is 28.5 Å². The number of methoxy groups -OCH3 is 1. The molecule has 2 N–H and O–H groups in total. The van der Waals surface area contributed by atoms with Crippen LogP contribution < -0.4 is 15.0 Å². The summed E-state index contributed by atoms with van der Waals surface area (Å²) in [5.41, 5.74) is 5.48. The molecule has 0 spiro atoms. The average molecular weight is 379 g/mol. The van der Waals surface area contributed by atoms with Crippen LogP contribution in [0.1, 0.15) is 34.7 Å². The second-order valence-electron chi connectivity index (χ2n) is 6.73. The lowest BCUT2D eigenvalue weighted by Crippen LogP contribution is -2.29. The predicted molar refractivity (Wildman–Crippen MR) is 111 cm³/mol. The molecule has 1 aliphatic rings. The van der Waals surface area contributed by atoms with Gasteiger partial charge in [0.15, 0.2) is 5.11 Å². The molecule has 0 saturated carbocycles. The van der Waals surface area contributed by atoms with E-state index in [0.29, 0.717) is 5.11 Å². The molecule has 0 radical (unpaired) electrons. The summed E-state index contributed by atoms with van der Waals surface area (Å²) in [5.74, 6) is 0.823. The number of pyridine rings is 1. The Morgan fingerprint density at radius 1 is 1.11 bits per heavy atom. The molecule has 27 heavy (non-hydrogen) atoms. The minimum Gasteiger partial charge on any atom is -0.497 e. The van der Waals surface area contributed by atoms with Crippen LogP contribution in [0.2, 0.25) is 0 Å². The topological polar surface area (TPSA) is 53.2 Å². The number of rotatable bonds is 4. The normalized spacial score (nSPS) is 19.2. The maximum absolute atomic E-state index is 5.73. The van der Waals surface area contributed by atoms with Gasteiger partial charge in [-0.15, -0.1) is 0 Å². The first kappa shape index (κ1) is 17.5. The monoisotopic (exact) mass is 378 g/mol. The lowest BCUT2D eigenvalue weighted by Gasteiger charge is -2.28. The Bertz CT molecular complexity index is 952. The summed E-state index contributed by atoms with van der Waals surface area (Å²) in [6.07, 6.45) is 1.82. The van der Waals surface area contributed by atoms with Gasteiger partial charge in [0.2, 0.25) is 0 Å². The highest BCUT2D eigenvalue weighted by Crippen LogP contribution is 2.42. The van der Waals surface area contributed by atoms with Crippen molar-refractivity contribution in [2.75, 3.05) is 12.0 Å². The van der Waals surface area contributed by atoms with Crippen molar-refractivity contribution >= 4 is 23.0 Å². The van der Waals surface area contributed by atoms with E-state index in [2.05, 4.69) is 40.1 Å². The molecular weight excluding hydrogens is 356 g/mol. The average Bonchev–Trinajstić information content (AvgIpc) is 3.20. The first-order valence-corrected chi connectivity index (χ1v) is 9.30. The molecule has 1 fully saturated rings. The summed E-state index contributed by atoms with van der Waals surface area (Å²) in [7, 11) is 1.67. The lowest BCUT2D eigenvalue weighted by molar-refractivity contribution is 0.415. The van der Waals surface area contributed by atoms with Gasteiger partial charge in [0.25, 0.3) is 0 Å². The molecule has 0 unspecified atom stereocenters. The largest absolute Gasteiger partial charge is 0.497 e. The van der Waals surface area contributed by atoms with Gasteiger partial charge in [-0.05, 0) is 74.1 Å². The Morgan fingerprint density at radius 2 is 1.89 bits per heavy atom. The Kier molecular flexibility index (Phi) is 4.58. The second-order valence-corrected chi connectivity index (χ2v) is 7.11. The maximum atomic E-state index is 5.73. The van der Waals surface area contributed by atoms with E-state index in [-0.39, 0.29) is 12.1 Å². The van der Waals surface area contributed by atoms with Crippen molar-refractivity contribution in [3.8, 4) is 5.75 Å². The van der Waals surface area contributed by atoms with Crippen LogP contribution >= 0.6 is 12.2 Å². The smallest absolute Gasteiger partial charge is 0.174 e. The van der Waals surface area contributed by atoms with Crippen molar-refractivity contribution in [2.24, 2.45) is 0 Å². The van der Waals surface area contributed by atoms with Crippen LogP contribution in [0.3, 0.4) is 0 Å². The number of aromatic amines is 1. The summed E-state index contributed by atoms with van der Waals surface area (Å²) in [5, 5.41) is 4.18. The zero-order valence-corrected chi connectivity index (χ0v) is 16.4. The van der Waals surface area contributed by atoms with Gasteiger partial charge < -0.3 is 19.9 Å². The molecule has 4 rings (SSSR count). The standard InChI is InChI=1S/C21H22N4OS/c1-13-12-17(14(2)23-13)20-19(18-6-4-5-11-22-18)24-21(27)25(20)15-7-9-16(26-3)10-8-15/h4-12,19-20,23H,1-3H3,(H,24,27)/t19-,20-/m0/s1. The molecule has 2 aromatic heterocycles. The van der Waals surface area contributed by atoms with Crippen LogP contribution in [-0.4, -0.2) is 22.2 Å². The number of hydrogen-bond donors (Lipinski definition) is 2. The minimum absolute atomic E-state index is 0.00532. The summed E-state index contributed by atoms with van der Waals surface area (Å²) >= 11 is 5.73. The van der Waals surface area contributed by atoms with Crippen molar-refractivity contribution in [2.45, 2.75) is 25.9 Å². The Balaban J connectivity index is 1.83. The van der Waals surface area contributed by atoms with Gasteiger partial charge in [-0.1, -0.05) is 6.07 Å². The number of aryl methyl sites for hydroxylation is 2. The highest BCUT2D eigenvalue weighted by molar-refractivity contribution is 7.80. The van der Waals surface area contributed by atoms with Crippen molar-refractivity contribution in [3.05, 3.63) is 77.4 Å². The summed E-state index contributed by atoms with van der Waals surface area (Å²) in [4.78, 5) is 10.2. The van der Waals surface area contributed by atoms with Gasteiger partial charge in [0.1, 0.15) is 5.75 Å².